The average molecular weight is 364 g/mol. The van der Waals surface area contributed by atoms with Crippen molar-refractivity contribution in [2.75, 3.05) is 10.5 Å². The standard InChI is InChI=1S/C9H5BrF5N2O3/c10-5-3-4(17(19)20)1-2-6(5)16-7(18)8(11,12)9(13,14)15/h1-3,19H,(H,16,18)/q-1. The van der Waals surface area contributed by atoms with Gasteiger partial charge in [0.2, 0.25) is 0 Å². The summed E-state index contributed by atoms with van der Waals surface area (Å²) in [6.07, 6.45) is -6.03. The van der Waals surface area contributed by atoms with E-state index in [-0.39, 0.29) is 10.2 Å². The molecular formula is C9H5BrF5N2O3-. The zero-order valence-corrected chi connectivity index (χ0v) is 10.8. The first-order valence-electron chi connectivity index (χ1n) is 4.68. The van der Waals surface area contributed by atoms with Crippen LogP contribution in [0.4, 0.5) is 33.3 Å². The van der Waals surface area contributed by atoms with E-state index in [1.807, 2.05) is 0 Å². The summed E-state index contributed by atoms with van der Waals surface area (Å²) >= 11 is 2.74. The first-order chi connectivity index (χ1) is 8.96. The number of halogens is 6. The SMILES string of the molecule is O=C(Nc1ccc(N([O-])O)cc1Br)C(F)(F)C(F)(F)F. The van der Waals surface area contributed by atoms with Gasteiger partial charge in [-0.1, -0.05) is 0 Å². The first kappa shape index (κ1) is 16.6. The highest BCUT2D eigenvalue weighted by Gasteiger charge is 2.63. The zero-order valence-electron chi connectivity index (χ0n) is 9.21. The van der Waals surface area contributed by atoms with Crippen LogP contribution < -0.4 is 10.5 Å². The Morgan fingerprint density at radius 2 is 1.85 bits per heavy atom. The van der Waals surface area contributed by atoms with Crippen LogP contribution in [0.25, 0.3) is 0 Å². The molecule has 0 saturated carbocycles. The summed E-state index contributed by atoms with van der Waals surface area (Å²) in [5, 5.41) is 19.9. The van der Waals surface area contributed by atoms with Crippen molar-refractivity contribution in [3.05, 3.63) is 27.9 Å². The molecule has 1 amide bonds. The molecule has 0 bridgehead atoms. The molecule has 0 unspecified atom stereocenters. The number of hydrogen-bond acceptors (Lipinski definition) is 4. The highest BCUT2D eigenvalue weighted by Crippen LogP contribution is 2.37. The second-order valence-electron chi connectivity index (χ2n) is 3.46. The lowest BCUT2D eigenvalue weighted by Gasteiger charge is -2.23. The van der Waals surface area contributed by atoms with Crippen molar-refractivity contribution in [1.82, 2.24) is 0 Å². The van der Waals surface area contributed by atoms with Crippen LogP contribution in [0.3, 0.4) is 0 Å². The summed E-state index contributed by atoms with van der Waals surface area (Å²) < 4.78 is 61.1. The van der Waals surface area contributed by atoms with E-state index in [1.54, 1.807) is 0 Å². The number of carbonyl (C=O) groups excluding carboxylic acids is 1. The molecule has 0 aliphatic carbocycles. The molecule has 0 saturated heterocycles. The second-order valence-corrected chi connectivity index (χ2v) is 4.32. The Morgan fingerprint density at radius 3 is 2.25 bits per heavy atom. The summed E-state index contributed by atoms with van der Waals surface area (Å²) in [6, 6.07) is 2.68. The van der Waals surface area contributed by atoms with Crippen LogP contribution in [0.15, 0.2) is 22.7 Å². The third kappa shape index (κ3) is 3.35. The van der Waals surface area contributed by atoms with Crippen LogP contribution in [-0.4, -0.2) is 23.2 Å². The Morgan fingerprint density at radius 1 is 1.30 bits per heavy atom. The fourth-order valence-corrected chi connectivity index (χ4v) is 1.52. The van der Waals surface area contributed by atoms with Crippen molar-refractivity contribution in [3.8, 4) is 0 Å². The molecule has 0 aliphatic rings. The highest BCUT2D eigenvalue weighted by molar-refractivity contribution is 9.10. The van der Waals surface area contributed by atoms with E-state index in [0.717, 1.165) is 18.2 Å². The maximum atomic E-state index is 12.7. The van der Waals surface area contributed by atoms with E-state index >= 15 is 0 Å². The molecule has 0 heterocycles. The van der Waals surface area contributed by atoms with Gasteiger partial charge in [-0.2, -0.15) is 22.0 Å². The number of hydrogen-bond donors (Lipinski definition) is 2. The number of alkyl halides is 5. The molecule has 1 rings (SSSR count). The molecule has 0 atom stereocenters. The van der Waals surface area contributed by atoms with Crippen LogP contribution in [0.5, 0.6) is 0 Å². The maximum Gasteiger partial charge on any atom is 0.463 e. The minimum Gasteiger partial charge on any atom is -0.733 e. The first-order valence-corrected chi connectivity index (χ1v) is 5.48. The fourth-order valence-electron chi connectivity index (χ4n) is 1.05. The molecule has 5 nitrogen and oxygen atoms in total. The number of rotatable bonds is 3. The third-order valence-electron chi connectivity index (χ3n) is 2.06. The lowest BCUT2D eigenvalue weighted by Crippen LogP contribution is -2.47. The van der Waals surface area contributed by atoms with Crippen molar-refractivity contribution >= 4 is 33.2 Å². The number of amides is 1. The van der Waals surface area contributed by atoms with Gasteiger partial charge in [0.05, 0.1) is 11.4 Å². The van der Waals surface area contributed by atoms with Crippen molar-refractivity contribution in [3.63, 3.8) is 0 Å². The van der Waals surface area contributed by atoms with Gasteiger partial charge in [-0.3, -0.25) is 10.0 Å². The molecule has 0 radical (unpaired) electrons. The topological polar surface area (TPSA) is 75.6 Å². The van der Waals surface area contributed by atoms with Gasteiger partial charge in [0.25, 0.3) is 0 Å². The molecule has 11 heteroatoms. The minimum absolute atomic E-state index is 0.170. The quantitative estimate of drug-likeness (QED) is 0.638. The van der Waals surface area contributed by atoms with Crippen LogP contribution >= 0.6 is 15.9 Å². The van der Waals surface area contributed by atoms with Crippen LogP contribution in [-0.2, 0) is 4.79 Å². The molecule has 2 N–H and O–H groups in total. The van der Waals surface area contributed by atoms with Crippen LogP contribution in [0, 0.1) is 5.21 Å². The number of nitrogens with one attached hydrogen (secondary N) is 1. The van der Waals surface area contributed by atoms with E-state index in [0.29, 0.717) is 0 Å². The number of benzene rings is 1. The van der Waals surface area contributed by atoms with Gasteiger partial charge >= 0.3 is 18.0 Å². The van der Waals surface area contributed by atoms with Gasteiger partial charge in [-0.15, -0.1) is 0 Å². The predicted octanol–water partition coefficient (Wildman–Crippen LogP) is 3.28. The fraction of sp³-hybridized carbons (Fsp3) is 0.222. The number of carbonyl (C=O) groups is 1. The van der Waals surface area contributed by atoms with Crippen molar-refractivity contribution in [2.45, 2.75) is 12.1 Å². The van der Waals surface area contributed by atoms with E-state index in [2.05, 4.69) is 15.9 Å². The Kier molecular flexibility index (Phi) is 4.56. The average Bonchev–Trinajstić information content (AvgIpc) is 2.29. The van der Waals surface area contributed by atoms with Gasteiger partial charge in [0, 0.05) is 4.47 Å². The molecule has 20 heavy (non-hydrogen) atoms. The summed E-state index contributed by atoms with van der Waals surface area (Å²) in [6.45, 7) is 0. The third-order valence-corrected chi connectivity index (χ3v) is 2.72. The lowest BCUT2D eigenvalue weighted by molar-refractivity contribution is -0.267. The van der Waals surface area contributed by atoms with E-state index in [4.69, 9.17) is 5.21 Å². The van der Waals surface area contributed by atoms with Crippen molar-refractivity contribution in [1.29, 1.82) is 0 Å². The molecule has 1 aromatic carbocycles. The lowest BCUT2D eigenvalue weighted by atomic mass is 10.2. The Balaban J connectivity index is 2.98. The van der Waals surface area contributed by atoms with Gasteiger partial charge in [0.15, 0.2) is 0 Å². The van der Waals surface area contributed by atoms with Gasteiger partial charge < -0.3 is 15.8 Å². The van der Waals surface area contributed by atoms with Crippen molar-refractivity contribution < 1.29 is 32.0 Å². The van der Waals surface area contributed by atoms with Crippen LogP contribution in [0.2, 0.25) is 0 Å². The Hall–Kier alpha value is -1.46. The zero-order chi connectivity index (χ0) is 15.7. The predicted molar refractivity (Wildman–Crippen MR) is 61.4 cm³/mol. The molecule has 112 valence electrons. The monoisotopic (exact) mass is 363 g/mol. The molecule has 0 spiro atoms. The highest BCUT2D eigenvalue weighted by atomic mass is 79.9. The maximum absolute atomic E-state index is 12.7. The number of anilines is 2. The van der Waals surface area contributed by atoms with Crippen LogP contribution in [0.1, 0.15) is 0 Å². The second kappa shape index (κ2) is 5.50. The Labute approximate surface area is 116 Å². The summed E-state index contributed by atoms with van der Waals surface area (Å²) in [7, 11) is 0. The van der Waals surface area contributed by atoms with Gasteiger partial charge in [-0.25, -0.2) is 0 Å². The van der Waals surface area contributed by atoms with Crippen molar-refractivity contribution in [2.24, 2.45) is 0 Å². The van der Waals surface area contributed by atoms with Gasteiger partial charge in [-0.05, 0) is 34.1 Å². The molecule has 0 fully saturated rings. The molecule has 0 aliphatic heterocycles. The summed E-state index contributed by atoms with van der Waals surface area (Å²) in [5.74, 6) is -8.13. The summed E-state index contributed by atoms with van der Waals surface area (Å²) in [5.41, 5.74) is -0.748. The molecule has 0 aromatic heterocycles. The molecule has 1 aromatic rings. The van der Waals surface area contributed by atoms with E-state index in [1.165, 1.54) is 5.32 Å². The van der Waals surface area contributed by atoms with E-state index < -0.39 is 28.9 Å². The van der Waals surface area contributed by atoms with E-state index in [9.17, 15) is 32.0 Å². The summed E-state index contributed by atoms with van der Waals surface area (Å²) in [4.78, 5) is 10.9. The smallest absolute Gasteiger partial charge is 0.463 e. The minimum atomic E-state index is -6.03. The Bertz CT molecular complexity index is 521. The largest absolute Gasteiger partial charge is 0.733 e. The number of nitrogens with zero attached hydrogens (tertiary/aromatic N) is 1. The van der Waals surface area contributed by atoms with Gasteiger partial charge in [0.1, 0.15) is 0 Å². The molecular weight excluding hydrogens is 359 g/mol. The normalized spacial score (nSPS) is 12.2.